The molecule has 1 amide bonds. The largest absolute Gasteiger partial charge is 0.302 e. The monoisotopic (exact) mass is 324 g/mol. The number of aryl methyl sites for hydroxylation is 2. The Labute approximate surface area is 130 Å². The molecule has 7 nitrogen and oxygen atoms in total. The summed E-state index contributed by atoms with van der Waals surface area (Å²) in [7, 11) is 0. The Hall–Kier alpha value is -1.74. The molecule has 0 fully saturated rings. The Morgan fingerprint density at radius 1 is 1.43 bits per heavy atom. The molecule has 2 aromatic rings. The SMILES string of the molecule is C=CCn1c(CC)nnc1SCC(=O)Nc1nnc(C)s1. The summed E-state index contributed by atoms with van der Waals surface area (Å²) in [5, 5.41) is 20.7. The predicted octanol–water partition coefficient (Wildman–Crippen LogP) is 1.92. The van der Waals surface area contributed by atoms with Crippen LogP contribution in [0.4, 0.5) is 5.13 Å². The first-order chi connectivity index (χ1) is 10.1. The standard InChI is InChI=1S/C12H16N6OS2/c1-4-6-18-9(5-2)15-17-12(18)20-7-10(19)13-11-16-14-8(3)21-11/h4H,1,5-7H2,2-3H3,(H,13,16,19). The highest BCUT2D eigenvalue weighted by Gasteiger charge is 2.13. The lowest BCUT2D eigenvalue weighted by atomic mass is 10.4. The molecule has 1 N–H and O–H groups in total. The number of aromatic nitrogens is 5. The molecule has 0 radical (unpaired) electrons. The van der Waals surface area contributed by atoms with Gasteiger partial charge in [0, 0.05) is 13.0 Å². The van der Waals surface area contributed by atoms with Crippen LogP contribution in [0.5, 0.6) is 0 Å². The van der Waals surface area contributed by atoms with Crippen molar-refractivity contribution < 1.29 is 4.79 Å². The van der Waals surface area contributed by atoms with E-state index in [-0.39, 0.29) is 11.7 Å². The second-order valence-electron chi connectivity index (χ2n) is 4.11. The van der Waals surface area contributed by atoms with Gasteiger partial charge in [-0.15, -0.1) is 27.0 Å². The van der Waals surface area contributed by atoms with Crippen molar-refractivity contribution in [2.24, 2.45) is 0 Å². The molecule has 112 valence electrons. The summed E-state index contributed by atoms with van der Waals surface area (Å²) in [5.74, 6) is 0.998. The van der Waals surface area contributed by atoms with Crippen LogP contribution in [0, 0.1) is 6.92 Å². The number of amides is 1. The molecule has 0 aliphatic heterocycles. The average molecular weight is 324 g/mol. The van der Waals surface area contributed by atoms with Crippen molar-refractivity contribution in [1.29, 1.82) is 0 Å². The van der Waals surface area contributed by atoms with E-state index in [2.05, 4.69) is 32.3 Å². The Morgan fingerprint density at radius 2 is 2.24 bits per heavy atom. The van der Waals surface area contributed by atoms with Gasteiger partial charge in [0.2, 0.25) is 11.0 Å². The van der Waals surface area contributed by atoms with Crippen molar-refractivity contribution in [3.63, 3.8) is 0 Å². The van der Waals surface area contributed by atoms with Gasteiger partial charge in [0.05, 0.1) is 5.75 Å². The van der Waals surface area contributed by atoms with E-state index in [1.807, 2.05) is 18.4 Å². The van der Waals surface area contributed by atoms with E-state index in [0.717, 1.165) is 22.4 Å². The Kier molecular flexibility index (Phi) is 5.45. The number of nitrogens with one attached hydrogen (secondary N) is 1. The van der Waals surface area contributed by atoms with Gasteiger partial charge in [0.25, 0.3) is 0 Å². The summed E-state index contributed by atoms with van der Waals surface area (Å²) < 4.78 is 1.96. The van der Waals surface area contributed by atoms with Gasteiger partial charge < -0.3 is 4.57 Å². The average Bonchev–Trinajstić information content (AvgIpc) is 3.03. The summed E-state index contributed by atoms with van der Waals surface area (Å²) >= 11 is 2.69. The third kappa shape index (κ3) is 4.11. The van der Waals surface area contributed by atoms with Crippen LogP contribution in [0.15, 0.2) is 17.8 Å². The van der Waals surface area contributed by atoms with E-state index in [0.29, 0.717) is 11.7 Å². The number of rotatable bonds is 7. The lowest BCUT2D eigenvalue weighted by Crippen LogP contribution is -2.14. The lowest BCUT2D eigenvalue weighted by Gasteiger charge is -2.05. The minimum Gasteiger partial charge on any atom is -0.302 e. The van der Waals surface area contributed by atoms with Crippen molar-refractivity contribution >= 4 is 34.1 Å². The van der Waals surface area contributed by atoms with Gasteiger partial charge in [-0.1, -0.05) is 36.1 Å². The second-order valence-corrected chi connectivity index (χ2v) is 6.24. The van der Waals surface area contributed by atoms with Crippen molar-refractivity contribution in [3.05, 3.63) is 23.5 Å². The summed E-state index contributed by atoms with van der Waals surface area (Å²) in [5.41, 5.74) is 0. The fourth-order valence-electron chi connectivity index (χ4n) is 1.63. The smallest absolute Gasteiger partial charge is 0.236 e. The highest BCUT2D eigenvalue weighted by Crippen LogP contribution is 2.19. The second kappa shape index (κ2) is 7.32. The molecule has 0 bridgehead atoms. The van der Waals surface area contributed by atoms with Gasteiger partial charge in [-0.2, -0.15) is 0 Å². The number of carbonyl (C=O) groups excluding carboxylic acids is 1. The zero-order chi connectivity index (χ0) is 15.2. The number of nitrogens with zero attached hydrogens (tertiary/aromatic N) is 5. The molecule has 21 heavy (non-hydrogen) atoms. The number of carbonyl (C=O) groups is 1. The van der Waals surface area contributed by atoms with Gasteiger partial charge in [-0.05, 0) is 6.92 Å². The van der Waals surface area contributed by atoms with Crippen molar-refractivity contribution in [1.82, 2.24) is 25.0 Å². The molecule has 9 heteroatoms. The van der Waals surface area contributed by atoms with Gasteiger partial charge in [-0.25, -0.2) is 0 Å². The Bertz CT molecular complexity index is 635. The fraction of sp³-hybridized carbons (Fsp3) is 0.417. The molecule has 0 aromatic carbocycles. The lowest BCUT2D eigenvalue weighted by molar-refractivity contribution is -0.113. The summed E-state index contributed by atoms with van der Waals surface area (Å²) in [6, 6.07) is 0. The fourth-order valence-corrected chi connectivity index (χ4v) is 3.01. The maximum absolute atomic E-state index is 11.9. The van der Waals surface area contributed by atoms with Crippen molar-refractivity contribution in [3.8, 4) is 0 Å². The maximum Gasteiger partial charge on any atom is 0.236 e. The van der Waals surface area contributed by atoms with Crippen LogP contribution in [0.1, 0.15) is 17.8 Å². The van der Waals surface area contributed by atoms with Crippen LogP contribution in [0.2, 0.25) is 0 Å². The normalized spacial score (nSPS) is 10.6. The number of allylic oxidation sites excluding steroid dienone is 1. The summed E-state index contributed by atoms with van der Waals surface area (Å²) in [4.78, 5) is 11.9. The number of anilines is 1. The van der Waals surface area contributed by atoms with E-state index in [1.54, 1.807) is 6.08 Å². The molecule has 0 aliphatic carbocycles. The quantitative estimate of drug-likeness (QED) is 0.618. The first-order valence-electron chi connectivity index (χ1n) is 6.39. The van der Waals surface area contributed by atoms with Gasteiger partial charge in [0.15, 0.2) is 5.16 Å². The van der Waals surface area contributed by atoms with Crippen LogP contribution in [-0.4, -0.2) is 36.6 Å². The van der Waals surface area contributed by atoms with Crippen LogP contribution >= 0.6 is 23.1 Å². The number of hydrogen-bond acceptors (Lipinski definition) is 7. The van der Waals surface area contributed by atoms with Crippen LogP contribution < -0.4 is 5.32 Å². The molecular formula is C12H16N6OS2. The van der Waals surface area contributed by atoms with E-state index in [1.165, 1.54) is 23.1 Å². The zero-order valence-electron chi connectivity index (χ0n) is 11.9. The third-order valence-corrected chi connectivity index (χ3v) is 4.25. The Balaban J connectivity index is 1.94. The molecule has 0 saturated carbocycles. The van der Waals surface area contributed by atoms with Crippen LogP contribution in [0.25, 0.3) is 0 Å². The van der Waals surface area contributed by atoms with E-state index >= 15 is 0 Å². The molecule has 0 unspecified atom stereocenters. The third-order valence-electron chi connectivity index (χ3n) is 2.53. The van der Waals surface area contributed by atoms with Gasteiger partial charge >= 0.3 is 0 Å². The molecule has 2 heterocycles. The highest BCUT2D eigenvalue weighted by atomic mass is 32.2. The van der Waals surface area contributed by atoms with Crippen LogP contribution in [0.3, 0.4) is 0 Å². The summed E-state index contributed by atoms with van der Waals surface area (Å²) in [6.45, 7) is 8.22. The van der Waals surface area contributed by atoms with Gasteiger partial charge in [-0.3, -0.25) is 10.1 Å². The van der Waals surface area contributed by atoms with E-state index in [4.69, 9.17) is 0 Å². The van der Waals surface area contributed by atoms with E-state index in [9.17, 15) is 4.79 Å². The first-order valence-corrected chi connectivity index (χ1v) is 8.20. The van der Waals surface area contributed by atoms with Crippen molar-refractivity contribution in [2.75, 3.05) is 11.1 Å². The highest BCUT2D eigenvalue weighted by molar-refractivity contribution is 7.99. The predicted molar refractivity (Wildman–Crippen MR) is 83.6 cm³/mol. The molecule has 0 atom stereocenters. The minimum atomic E-state index is -0.137. The number of thioether (sulfide) groups is 1. The van der Waals surface area contributed by atoms with Gasteiger partial charge in [0.1, 0.15) is 10.8 Å². The minimum absolute atomic E-state index is 0.137. The van der Waals surface area contributed by atoms with Crippen molar-refractivity contribution in [2.45, 2.75) is 32.0 Å². The molecule has 0 saturated heterocycles. The zero-order valence-corrected chi connectivity index (χ0v) is 13.5. The topological polar surface area (TPSA) is 85.6 Å². The molecule has 0 aliphatic rings. The maximum atomic E-state index is 11.9. The Morgan fingerprint density at radius 3 is 2.86 bits per heavy atom. The number of hydrogen-bond donors (Lipinski definition) is 1. The van der Waals surface area contributed by atoms with Crippen LogP contribution in [-0.2, 0) is 17.8 Å². The first kappa shape index (κ1) is 15.6. The molecular weight excluding hydrogens is 308 g/mol. The molecule has 2 aromatic heterocycles. The molecule has 2 rings (SSSR count). The summed E-state index contributed by atoms with van der Waals surface area (Å²) in [6.07, 6.45) is 2.58. The molecule has 0 spiro atoms. The van der Waals surface area contributed by atoms with E-state index < -0.39 is 0 Å².